The molecule has 8 rings (SSSR count). The van der Waals surface area contributed by atoms with Crippen molar-refractivity contribution in [1.29, 1.82) is 0 Å². The van der Waals surface area contributed by atoms with Crippen LogP contribution in [0.5, 0.6) is 0 Å². The van der Waals surface area contributed by atoms with Crippen molar-refractivity contribution in [2.75, 3.05) is 19.6 Å². The molecule has 4 heteroatoms. The van der Waals surface area contributed by atoms with Gasteiger partial charge in [0.2, 0.25) is 0 Å². The first-order valence-electron chi connectivity index (χ1n) is 15.3. The Labute approximate surface area is 259 Å². The van der Waals surface area contributed by atoms with Crippen molar-refractivity contribution < 1.29 is 0 Å². The van der Waals surface area contributed by atoms with Crippen molar-refractivity contribution in [1.82, 2.24) is 0 Å². The maximum absolute atomic E-state index is 2.55. The van der Waals surface area contributed by atoms with Gasteiger partial charge < -0.3 is 19.6 Å². The van der Waals surface area contributed by atoms with E-state index in [1.54, 1.807) is 0 Å². The van der Waals surface area contributed by atoms with E-state index in [4.69, 9.17) is 0 Å². The lowest BCUT2D eigenvalue weighted by Gasteiger charge is -2.44. The summed E-state index contributed by atoms with van der Waals surface area (Å²) in [4.78, 5) is 10.2. The van der Waals surface area contributed by atoms with Gasteiger partial charge >= 0.3 is 0 Å². The summed E-state index contributed by atoms with van der Waals surface area (Å²) in [5, 5.41) is 0. The summed E-state index contributed by atoms with van der Waals surface area (Å²) < 4.78 is 0. The number of nitrogens with zero attached hydrogens (tertiary/aromatic N) is 4. The fraction of sp³-hybridized carbons (Fsp3) is 0.100. The molecular weight excluding hydrogens is 536 g/mol. The molecule has 0 spiro atoms. The van der Waals surface area contributed by atoms with Crippen molar-refractivity contribution in [3.8, 4) is 0 Å². The van der Waals surface area contributed by atoms with Crippen molar-refractivity contribution >= 4 is 45.5 Å². The highest BCUT2D eigenvalue weighted by Crippen LogP contribution is 2.56. The van der Waals surface area contributed by atoms with E-state index in [-0.39, 0.29) is 12.3 Å². The van der Waals surface area contributed by atoms with E-state index in [9.17, 15) is 0 Å². The van der Waals surface area contributed by atoms with Crippen molar-refractivity contribution in [2.45, 2.75) is 26.2 Å². The van der Waals surface area contributed by atoms with E-state index in [1.807, 2.05) is 0 Å². The first kappa shape index (κ1) is 26.2. The van der Waals surface area contributed by atoms with E-state index < -0.39 is 0 Å². The second kappa shape index (κ2) is 10.7. The number of hydrogen-bond donors (Lipinski definition) is 0. The summed E-state index contributed by atoms with van der Waals surface area (Å²) >= 11 is 0. The van der Waals surface area contributed by atoms with Crippen LogP contribution in [0.2, 0.25) is 0 Å². The van der Waals surface area contributed by atoms with E-state index in [1.165, 1.54) is 33.9 Å². The van der Waals surface area contributed by atoms with E-state index in [2.05, 4.69) is 191 Å². The monoisotopic (exact) mass is 570 g/mol. The van der Waals surface area contributed by atoms with Crippen molar-refractivity contribution in [3.05, 3.63) is 169 Å². The molecule has 0 bridgehead atoms. The predicted molar refractivity (Wildman–Crippen MR) is 184 cm³/mol. The molecule has 0 unspecified atom stereocenters. The summed E-state index contributed by atoms with van der Waals surface area (Å²) in [6.45, 7) is 4.44. The fourth-order valence-corrected chi connectivity index (χ4v) is 6.90. The molecule has 0 radical (unpaired) electrons. The zero-order chi connectivity index (χ0) is 29.6. The topological polar surface area (TPSA) is 13.0 Å². The fourth-order valence-electron chi connectivity index (χ4n) is 6.90. The Morgan fingerprint density at radius 1 is 0.318 bits per heavy atom. The smallest absolute Gasteiger partial charge is 0.151 e. The lowest BCUT2D eigenvalue weighted by molar-refractivity contribution is 0.550. The molecule has 0 amide bonds. The van der Waals surface area contributed by atoms with Gasteiger partial charge in [-0.3, -0.25) is 0 Å². The van der Waals surface area contributed by atoms with E-state index in [0.717, 1.165) is 22.7 Å². The van der Waals surface area contributed by atoms with E-state index >= 15 is 0 Å². The largest absolute Gasteiger partial charge is 0.314 e. The van der Waals surface area contributed by atoms with Gasteiger partial charge in [0.1, 0.15) is 0 Å². The summed E-state index contributed by atoms with van der Waals surface area (Å²) in [6, 6.07) is 57.0. The van der Waals surface area contributed by atoms with Gasteiger partial charge in [-0.05, 0) is 97.8 Å². The van der Waals surface area contributed by atoms with Gasteiger partial charge in [0.25, 0.3) is 0 Å². The molecule has 2 aliphatic heterocycles. The highest BCUT2D eigenvalue weighted by Gasteiger charge is 2.51. The third-order valence-corrected chi connectivity index (χ3v) is 8.97. The van der Waals surface area contributed by atoms with Crippen LogP contribution in [-0.4, -0.2) is 12.3 Å². The lowest BCUT2D eigenvalue weighted by atomic mass is 10.1. The molecular formula is C40H34N4. The average Bonchev–Trinajstić information content (AvgIpc) is 3.59. The Bertz CT molecular complexity index is 1770. The molecule has 0 aromatic heterocycles. The van der Waals surface area contributed by atoms with Gasteiger partial charge in [0.05, 0.1) is 22.7 Å². The minimum Gasteiger partial charge on any atom is -0.314 e. The van der Waals surface area contributed by atoms with Crippen LogP contribution in [0.3, 0.4) is 0 Å². The quantitative estimate of drug-likeness (QED) is 0.204. The number of fused-ring (bicyclic) bond motifs is 2. The first-order valence-corrected chi connectivity index (χ1v) is 15.3. The number of rotatable bonds is 5. The molecule has 2 heterocycles. The van der Waals surface area contributed by atoms with Gasteiger partial charge in [-0.15, -0.1) is 0 Å². The zero-order valence-electron chi connectivity index (χ0n) is 25.0. The Morgan fingerprint density at radius 2 is 0.568 bits per heavy atom. The number of aryl methyl sites for hydroxylation is 2. The highest BCUT2D eigenvalue weighted by molar-refractivity contribution is 5.94. The third kappa shape index (κ3) is 4.14. The molecule has 0 atom stereocenters. The van der Waals surface area contributed by atoms with Crippen LogP contribution >= 0.6 is 0 Å². The molecule has 0 fully saturated rings. The van der Waals surface area contributed by atoms with Crippen LogP contribution in [0.15, 0.2) is 158 Å². The number of hydrogen-bond acceptors (Lipinski definition) is 4. The molecule has 0 saturated heterocycles. The van der Waals surface area contributed by atoms with Crippen molar-refractivity contribution in [2.24, 2.45) is 0 Å². The molecule has 6 aromatic carbocycles. The standard InChI is InChI=1S/C40H34N4/c1-29-27-37-38(28-30(29)2)44(34-23-13-6-14-24-34)40(43(37)33-21-11-5-12-22-33)39-41(31-17-7-3-8-18-31)35-25-15-16-26-36(35)42(39)32-19-9-4-10-20-32/h3-28,39-40H,1-2H3. The summed E-state index contributed by atoms with van der Waals surface area (Å²) in [5.41, 5.74) is 12.0. The molecule has 214 valence electrons. The SMILES string of the molecule is Cc1cc2c(cc1C)N(c1ccccc1)C(C1N(c3ccccc3)c3ccccc3N1c1ccccc1)N2c1ccccc1. The minimum atomic E-state index is -0.135. The van der Waals surface area contributed by atoms with E-state index in [0.29, 0.717) is 0 Å². The van der Waals surface area contributed by atoms with Gasteiger partial charge in [0, 0.05) is 22.7 Å². The maximum atomic E-state index is 2.55. The Morgan fingerprint density at radius 3 is 0.864 bits per heavy atom. The zero-order valence-corrected chi connectivity index (χ0v) is 25.0. The number of anilines is 8. The average molecular weight is 571 g/mol. The molecule has 2 aliphatic rings. The summed E-state index contributed by atoms with van der Waals surface area (Å²) in [7, 11) is 0. The molecule has 6 aromatic rings. The van der Waals surface area contributed by atoms with Gasteiger partial charge in [-0.2, -0.15) is 0 Å². The Kier molecular flexibility index (Phi) is 6.34. The molecule has 0 saturated carbocycles. The number of benzene rings is 6. The van der Waals surface area contributed by atoms with Crippen LogP contribution in [0, 0.1) is 13.8 Å². The molecule has 44 heavy (non-hydrogen) atoms. The highest BCUT2D eigenvalue weighted by atomic mass is 15.5. The summed E-state index contributed by atoms with van der Waals surface area (Å²) in [6.07, 6.45) is -0.269. The van der Waals surface area contributed by atoms with Crippen LogP contribution in [0.25, 0.3) is 0 Å². The van der Waals surface area contributed by atoms with Gasteiger partial charge in [-0.25, -0.2) is 0 Å². The molecule has 0 aliphatic carbocycles. The second-order valence-electron chi connectivity index (χ2n) is 11.6. The van der Waals surface area contributed by atoms with Crippen LogP contribution in [0.4, 0.5) is 45.5 Å². The van der Waals surface area contributed by atoms with Crippen molar-refractivity contribution in [3.63, 3.8) is 0 Å². The molecule has 4 nitrogen and oxygen atoms in total. The Hall–Kier alpha value is -5.48. The predicted octanol–water partition coefficient (Wildman–Crippen LogP) is 10.2. The van der Waals surface area contributed by atoms with Crippen LogP contribution in [0.1, 0.15) is 11.1 Å². The van der Waals surface area contributed by atoms with Crippen LogP contribution in [-0.2, 0) is 0 Å². The van der Waals surface area contributed by atoms with Crippen LogP contribution < -0.4 is 19.6 Å². The minimum absolute atomic E-state index is 0.134. The maximum Gasteiger partial charge on any atom is 0.151 e. The van der Waals surface area contributed by atoms with Gasteiger partial charge in [-0.1, -0.05) is 84.9 Å². The summed E-state index contributed by atoms with van der Waals surface area (Å²) in [5.74, 6) is 0. The third-order valence-electron chi connectivity index (χ3n) is 8.97. The first-order chi connectivity index (χ1) is 21.7. The molecule has 0 N–H and O–H groups in total. The normalized spacial score (nSPS) is 14.7. The Balaban J connectivity index is 1.45. The second-order valence-corrected chi connectivity index (χ2v) is 11.6. The number of para-hydroxylation sites is 6. The van der Waals surface area contributed by atoms with Gasteiger partial charge in [0.15, 0.2) is 12.3 Å². The lowest BCUT2D eigenvalue weighted by Crippen LogP contribution is -2.58.